The lowest BCUT2D eigenvalue weighted by Gasteiger charge is -2.19. The Balaban J connectivity index is 1.37. The van der Waals surface area contributed by atoms with E-state index in [0.29, 0.717) is 22.8 Å². The molecule has 0 radical (unpaired) electrons. The Morgan fingerprint density at radius 1 is 1.15 bits per heavy atom. The van der Waals surface area contributed by atoms with Crippen molar-refractivity contribution in [3.63, 3.8) is 0 Å². The molecule has 8 nitrogen and oxygen atoms in total. The molecular weight excluding hydrogens is 462 g/mol. The molecule has 3 aromatic rings. The van der Waals surface area contributed by atoms with Crippen LogP contribution < -0.4 is 9.64 Å². The zero-order valence-electron chi connectivity index (χ0n) is 17.9. The fourth-order valence-corrected chi connectivity index (χ4v) is 6.72. The number of nitro benzene ring substituents is 1. The summed E-state index contributed by atoms with van der Waals surface area (Å²) < 4.78 is 7.02. The van der Waals surface area contributed by atoms with Crippen molar-refractivity contribution >= 4 is 56.5 Å². The molecule has 170 valence electrons. The summed E-state index contributed by atoms with van der Waals surface area (Å²) in [6.45, 7) is 0. The largest absolute Gasteiger partial charge is 0.496 e. The normalized spacial score (nSPS) is 20.3. The highest BCUT2D eigenvalue weighted by Gasteiger charge is 2.48. The second-order valence-corrected chi connectivity index (χ2v) is 10.4. The molecule has 1 aromatic heterocycles. The fourth-order valence-electron chi connectivity index (χ4n) is 4.64. The lowest BCUT2D eigenvalue weighted by atomic mass is 9.81. The molecule has 33 heavy (non-hydrogen) atoms. The number of methoxy groups -OCH3 is 1. The maximum atomic E-state index is 12.9. The van der Waals surface area contributed by atoms with Crippen LogP contribution >= 0.6 is 23.1 Å². The van der Waals surface area contributed by atoms with Crippen molar-refractivity contribution in [2.75, 3.05) is 12.0 Å². The molecule has 0 bridgehead atoms. The number of nitro groups is 1. The van der Waals surface area contributed by atoms with Gasteiger partial charge in [-0.25, -0.2) is 4.98 Å². The number of hydrogen-bond donors (Lipinski definition) is 0. The number of carbonyl (C=O) groups is 2. The number of fused-ring (bicyclic) bond motifs is 2. The van der Waals surface area contributed by atoms with Gasteiger partial charge in [-0.3, -0.25) is 24.6 Å². The summed E-state index contributed by atoms with van der Waals surface area (Å²) in [5, 5.41) is 11.1. The van der Waals surface area contributed by atoms with Crippen molar-refractivity contribution in [3.05, 3.63) is 52.1 Å². The molecule has 1 saturated carbocycles. The molecule has 0 spiro atoms. The average Bonchev–Trinajstić information content (AvgIpc) is 3.35. The van der Waals surface area contributed by atoms with Gasteiger partial charge in [0.2, 0.25) is 11.8 Å². The van der Waals surface area contributed by atoms with E-state index < -0.39 is 4.92 Å². The Kier molecular flexibility index (Phi) is 5.79. The Bertz CT molecular complexity index is 1250. The number of aromatic nitrogens is 1. The molecule has 2 aliphatic rings. The number of hydrogen-bond acceptors (Lipinski definition) is 8. The number of amides is 2. The highest BCUT2D eigenvalue weighted by molar-refractivity contribution is 8.00. The Hall–Kier alpha value is -2.98. The molecule has 0 N–H and O–H groups in total. The number of anilines is 1. The number of thioether (sulfide) groups is 1. The van der Waals surface area contributed by atoms with Gasteiger partial charge in [-0.1, -0.05) is 24.6 Å². The van der Waals surface area contributed by atoms with Gasteiger partial charge in [0, 0.05) is 23.4 Å². The number of rotatable bonds is 6. The molecule has 2 fully saturated rings. The van der Waals surface area contributed by atoms with Gasteiger partial charge < -0.3 is 4.74 Å². The van der Waals surface area contributed by atoms with E-state index in [-0.39, 0.29) is 29.3 Å². The molecule has 1 aliphatic heterocycles. The molecule has 1 saturated heterocycles. The summed E-state index contributed by atoms with van der Waals surface area (Å²) >= 11 is 2.93. The Morgan fingerprint density at radius 3 is 2.55 bits per heavy atom. The third-order valence-electron chi connectivity index (χ3n) is 6.28. The van der Waals surface area contributed by atoms with E-state index in [2.05, 4.69) is 4.98 Å². The van der Waals surface area contributed by atoms with Crippen LogP contribution in [-0.2, 0) is 15.3 Å². The highest BCUT2D eigenvalue weighted by Crippen LogP contribution is 2.41. The van der Waals surface area contributed by atoms with Crippen LogP contribution in [0.2, 0.25) is 0 Å². The van der Waals surface area contributed by atoms with Crippen molar-refractivity contribution < 1.29 is 19.2 Å². The molecule has 2 atom stereocenters. The predicted octanol–water partition coefficient (Wildman–Crippen LogP) is 5.19. The van der Waals surface area contributed by atoms with Gasteiger partial charge in [0.05, 0.1) is 39.8 Å². The first kappa shape index (κ1) is 21.8. The molecule has 2 aromatic carbocycles. The zero-order chi connectivity index (χ0) is 23.1. The van der Waals surface area contributed by atoms with Gasteiger partial charge in [0.1, 0.15) is 5.75 Å². The second kappa shape index (κ2) is 8.75. The van der Waals surface area contributed by atoms with Crippen molar-refractivity contribution in [2.45, 2.75) is 35.8 Å². The lowest BCUT2D eigenvalue weighted by Crippen LogP contribution is -2.30. The fraction of sp³-hybridized carbons (Fsp3) is 0.348. The molecule has 5 rings (SSSR count). The number of ether oxygens (including phenoxy) is 1. The van der Waals surface area contributed by atoms with Crippen LogP contribution in [0.15, 0.2) is 40.7 Å². The minimum Gasteiger partial charge on any atom is -0.496 e. The number of carbonyl (C=O) groups excluding carboxylic acids is 2. The number of imide groups is 1. The average molecular weight is 484 g/mol. The molecule has 10 heteroatoms. The molecule has 2 amide bonds. The minimum absolute atomic E-state index is 0.0147. The first-order valence-electron chi connectivity index (χ1n) is 10.7. The van der Waals surface area contributed by atoms with E-state index in [0.717, 1.165) is 40.2 Å². The van der Waals surface area contributed by atoms with Crippen molar-refractivity contribution in [1.29, 1.82) is 0 Å². The van der Waals surface area contributed by atoms with Crippen LogP contribution in [0.4, 0.5) is 11.4 Å². The topological polar surface area (TPSA) is 103 Å². The Morgan fingerprint density at radius 2 is 1.88 bits per heavy atom. The van der Waals surface area contributed by atoms with Crippen LogP contribution in [0.1, 0.15) is 31.2 Å². The molecule has 0 unspecified atom stereocenters. The van der Waals surface area contributed by atoms with E-state index in [1.54, 1.807) is 12.1 Å². The van der Waals surface area contributed by atoms with Gasteiger partial charge in [0.15, 0.2) is 4.34 Å². The summed E-state index contributed by atoms with van der Waals surface area (Å²) in [6.07, 6.45) is 3.57. The number of benzene rings is 2. The third-order valence-corrected chi connectivity index (χ3v) is 8.49. The molecule has 2 heterocycles. The van der Waals surface area contributed by atoms with E-state index in [9.17, 15) is 19.7 Å². The first-order chi connectivity index (χ1) is 16.0. The van der Waals surface area contributed by atoms with Gasteiger partial charge >= 0.3 is 0 Å². The number of non-ortho nitro benzene ring substituents is 1. The van der Waals surface area contributed by atoms with Crippen molar-refractivity contribution in [1.82, 2.24) is 4.98 Å². The number of thiazole rings is 1. The van der Waals surface area contributed by atoms with Gasteiger partial charge in [-0.05, 0) is 37.1 Å². The quantitative estimate of drug-likeness (QED) is 0.206. The standard InChI is InChI=1S/C23H21N3O5S2/c1-31-19-9-7-15(26(29)30)10-13(19)12-32-23-24-18-8-6-14(11-20(18)33-23)25-21(27)16-4-2-3-5-17(16)22(25)28/h6-11,16-17H,2-5,12H2,1H3/t16-,17-/m0/s1. The van der Waals surface area contributed by atoms with Gasteiger partial charge in [-0.2, -0.15) is 0 Å². The smallest absolute Gasteiger partial charge is 0.270 e. The van der Waals surface area contributed by atoms with E-state index in [4.69, 9.17) is 4.74 Å². The van der Waals surface area contributed by atoms with Crippen LogP contribution in [0.25, 0.3) is 10.2 Å². The highest BCUT2D eigenvalue weighted by atomic mass is 32.2. The zero-order valence-corrected chi connectivity index (χ0v) is 19.5. The SMILES string of the molecule is COc1ccc([N+](=O)[O-])cc1CSc1nc2ccc(N3C(=O)[C@H]4CCCC[C@@H]4C3=O)cc2s1. The Labute approximate surface area is 198 Å². The van der Waals surface area contributed by atoms with Crippen LogP contribution in [0, 0.1) is 22.0 Å². The lowest BCUT2D eigenvalue weighted by molar-refractivity contribution is -0.384. The van der Waals surface area contributed by atoms with Gasteiger partial charge in [-0.15, -0.1) is 11.3 Å². The van der Waals surface area contributed by atoms with E-state index >= 15 is 0 Å². The maximum absolute atomic E-state index is 12.9. The van der Waals surface area contributed by atoms with E-state index in [1.165, 1.54) is 47.2 Å². The monoisotopic (exact) mass is 483 g/mol. The molecule has 1 aliphatic carbocycles. The maximum Gasteiger partial charge on any atom is 0.270 e. The summed E-state index contributed by atoms with van der Waals surface area (Å²) in [7, 11) is 1.53. The summed E-state index contributed by atoms with van der Waals surface area (Å²) in [5.74, 6) is 0.522. The third kappa shape index (κ3) is 3.97. The van der Waals surface area contributed by atoms with Crippen LogP contribution in [-0.4, -0.2) is 28.8 Å². The summed E-state index contributed by atoms with van der Waals surface area (Å²) in [4.78, 5) is 42.5. The van der Waals surface area contributed by atoms with Crippen LogP contribution in [0.3, 0.4) is 0 Å². The predicted molar refractivity (Wildman–Crippen MR) is 127 cm³/mol. The van der Waals surface area contributed by atoms with Gasteiger partial charge in [0.25, 0.3) is 5.69 Å². The molecular formula is C23H21N3O5S2. The van der Waals surface area contributed by atoms with Crippen LogP contribution in [0.5, 0.6) is 5.75 Å². The van der Waals surface area contributed by atoms with E-state index in [1.807, 2.05) is 12.1 Å². The minimum atomic E-state index is -0.427. The van der Waals surface area contributed by atoms with Crippen molar-refractivity contribution in [3.8, 4) is 5.75 Å². The second-order valence-electron chi connectivity index (χ2n) is 8.18. The first-order valence-corrected chi connectivity index (χ1v) is 12.5. The number of nitrogens with zero attached hydrogens (tertiary/aromatic N) is 3. The van der Waals surface area contributed by atoms with Crippen molar-refractivity contribution in [2.24, 2.45) is 11.8 Å². The summed E-state index contributed by atoms with van der Waals surface area (Å²) in [5.41, 5.74) is 2.12. The summed E-state index contributed by atoms with van der Waals surface area (Å²) in [6, 6.07) is 10.0.